The summed E-state index contributed by atoms with van der Waals surface area (Å²) in [7, 11) is 0. The van der Waals surface area contributed by atoms with Crippen LogP contribution in [0.2, 0.25) is 0 Å². The highest BCUT2D eigenvalue weighted by atomic mass is 79.9. The van der Waals surface area contributed by atoms with Gasteiger partial charge in [-0.2, -0.15) is 0 Å². The average molecular weight is 334 g/mol. The predicted octanol–water partition coefficient (Wildman–Crippen LogP) is 2.97. The van der Waals surface area contributed by atoms with Gasteiger partial charge in [-0.05, 0) is 48.7 Å². The largest absolute Gasteiger partial charge is 0.398 e. The van der Waals surface area contributed by atoms with Crippen molar-refractivity contribution in [2.24, 2.45) is 0 Å². The Labute approximate surface area is 126 Å². The van der Waals surface area contributed by atoms with E-state index in [2.05, 4.69) is 26.2 Å². The van der Waals surface area contributed by atoms with Crippen LogP contribution >= 0.6 is 15.9 Å². The normalized spacial score (nSPS) is 10.3. The number of hydrogen-bond acceptors (Lipinski definition) is 3. The second-order valence-corrected chi connectivity index (χ2v) is 5.57. The van der Waals surface area contributed by atoms with Crippen LogP contribution in [-0.4, -0.2) is 10.9 Å². The summed E-state index contributed by atoms with van der Waals surface area (Å²) < 4.78 is 0.795. The number of amides is 1. The molecule has 20 heavy (non-hydrogen) atoms. The number of carbonyl (C=O) groups excluding carboxylic acids is 1. The van der Waals surface area contributed by atoms with E-state index >= 15 is 0 Å². The number of nitrogens with zero attached hydrogens (tertiary/aromatic N) is 1. The van der Waals surface area contributed by atoms with Gasteiger partial charge in [0, 0.05) is 34.7 Å². The third-order valence-corrected chi connectivity index (χ3v) is 3.70. The molecular formula is C15H16BrN3O. The number of aryl methyl sites for hydroxylation is 1. The standard InChI is InChI=1S/C15H16BrN3O/c1-9-3-4-18-7-11(9)8-19-15(20)13-5-12(16)6-14(17)10(13)2/h3-7H,8,17H2,1-2H3,(H,19,20). The quantitative estimate of drug-likeness (QED) is 0.848. The average Bonchev–Trinajstić information content (AvgIpc) is 2.41. The van der Waals surface area contributed by atoms with Crippen LogP contribution in [0.15, 0.2) is 35.1 Å². The fraction of sp³-hybridized carbons (Fsp3) is 0.200. The Hall–Kier alpha value is -1.88. The van der Waals surface area contributed by atoms with Crippen LogP contribution < -0.4 is 11.1 Å². The number of pyridine rings is 1. The summed E-state index contributed by atoms with van der Waals surface area (Å²) in [6, 6.07) is 5.48. The highest BCUT2D eigenvalue weighted by molar-refractivity contribution is 9.10. The van der Waals surface area contributed by atoms with Crippen LogP contribution in [0.5, 0.6) is 0 Å². The minimum Gasteiger partial charge on any atom is -0.398 e. The number of nitrogens with one attached hydrogen (secondary N) is 1. The SMILES string of the molecule is Cc1ccncc1CNC(=O)c1cc(Br)cc(N)c1C. The van der Waals surface area contributed by atoms with Gasteiger partial charge in [0.25, 0.3) is 5.91 Å². The number of anilines is 1. The van der Waals surface area contributed by atoms with E-state index in [0.29, 0.717) is 17.8 Å². The lowest BCUT2D eigenvalue weighted by Gasteiger charge is -2.11. The van der Waals surface area contributed by atoms with E-state index < -0.39 is 0 Å². The molecule has 0 fully saturated rings. The van der Waals surface area contributed by atoms with Crippen molar-refractivity contribution >= 4 is 27.5 Å². The van der Waals surface area contributed by atoms with Crippen LogP contribution in [0.1, 0.15) is 27.0 Å². The van der Waals surface area contributed by atoms with Gasteiger partial charge in [-0.3, -0.25) is 9.78 Å². The number of nitrogen functional groups attached to an aromatic ring is 1. The Kier molecular flexibility index (Phi) is 4.39. The summed E-state index contributed by atoms with van der Waals surface area (Å²) >= 11 is 3.35. The minimum atomic E-state index is -0.140. The fourth-order valence-corrected chi connectivity index (χ4v) is 2.36. The van der Waals surface area contributed by atoms with Crippen molar-refractivity contribution in [3.63, 3.8) is 0 Å². The summed E-state index contributed by atoms with van der Waals surface area (Å²) in [5, 5.41) is 2.90. The molecule has 0 aliphatic rings. The Bertz CT molecular complexity index is 656. The number of hydrogen-bond donors (Lipinski definition) is 2. The molecule has 2 rings (SSSR count). The molecule has 1 heterocycles. The Morgan fingerprint density at radius 1 is 1.40 bits per heavy atom. The zero-order valence-corrected chi connectivity index (χ0v) is 13.0. The number of rotatable bonds is 3. The third kappa shape index (κ3) is 3.17. The topological polar surface area (TPSA) is 68.0 Å². The first-order valence-electron chi connectivity index (χ1n) is 6.22. The summed E-state index contributed by atoms with van der Waals surface area (Å²) in [4.78, 5) is 16.3. The molecule has 2 aromatic rings. The first kappa shape index (κ1) is 14.5. The first-order chi connectivity index (χ1) is 9.49. The molecule has 0 spiro atoms. The van der Waals surface area contributed by atoms with E-state index in [1.807, 2.05) is 19.9 Å². The summed E-state index contributed by atoms with van der Waals surface area (Å²) in [6.45, 7) is 4.28. The van der Waals surface area contributed by atoms with Gasteiger partial charge in [-0.25, -0.2) is 0 Å². The molecule has 0 atom stereocenters. The van der Waals surface area contributed by atoms with Gasteiger partial charge in [0.1, 0.15) is 0 Å². The lowest BCUT2D eigenvalue weighted by molar-refractivity contribution is 0.0950. The van der Waals surface area contributed by atoms with Crippen LogP contribution in [0.25, 0.3) is 0 Å². The molecular weight excluding hydrogens is 318 g/mol. The molecule has 4 nitrogen and oxygen atoms in total. The minimum absolute atomic E-state index is 0.140. The predicted molar refractivity (Wildman–Crippen MR) is 83.4 cm³/mol. The van der Waals surface area contributed by atoms with Gasteiger partial charge >= 0.3 is 0 Å². The van der Waals surface area contributed by atoms with E-state index in [1.54, 1.807) is 24.5 Å². The smallest absolute Gasteiger partial charge is 0.251 e. The fourth-order valence-electron chi connectivity index (χ4n) is 1.89. The number of aromatic nitrogens is 1. The maximum absolute atomic E-state index is 12.2. The van der Waals surface area contributed by atoms with E-state index in [-0.39, 0.29) is 5.91 Å². The van der Waals surface area contributed by atoms with E-state index in [9.17, 15) is 4.79 Å². The molecule has 0 unspecified atom stereocenters. The number of halogens is 1. The van der Waals surface area contributed by atoms with Crippen molar-refractivity contribution in [2.45, 2.75) is 20.4 Å². The van der Waals surface area contributed by atoms with E-state index in [1.165, 1.54) is 0 Å². The summed E-state index contributed by atoms with van der Waals surface area (Å²) in [6.07, 6.45) is 3.50. The summed E-state index contributed by atoms with van der Waals surface area (Å²) in [5.41, 5.74) is 9.94. The Balaban J connectivity index is 2.15. The molecule has 0 aliphatic heterocycles. The maximum atomic E-state index is 12.2. The molecule has 104 valence electrons. The van der Waals surface area contributed by atoms with Crippen LogP contribution in [0, 0.1) is 13.8 Å². The highest BCUT2D eigenvalue weighted by Gasteiger charge is 2.12. The van der Waals surface area contributed by atoms with Crippen LogP contribution in [0.4, 0.5) is 5.69 Å². The second kappa shape index (κ2) is 6.05. The van der Waals surface area contributed by atoms with Crippen molar-refractivity contribution in [2.75, 3.05) is 5.73 Å². The van der Waals surface area contributed by atoms with Gasteiger partial charge < -0.3 is 11.1 Å². The third-order valence-electron chi connectivity index (χ3n) is 3.24. The van der Waals surface area contributed by atoms with Crippen LogP contribution in [-0.2, 0) is 6.54 Å². The molecule has 5 heteroatoms. The molecule has 1 aromatic carbocycles. The van der Waals surface area contributed by atoms with E-state index in [0.717, 1.165) is 21.2 Å². The molecule has 3 N–H and O–H groups in total. The van der Waals surface area contributed by atoms with Gasteiger partial charge in [-0.15, -0.1) is 0 Å². The lowest BCUT2D eigenvalue weighted by Crippen LogP contribution is -2.24. The monoisotopic (exact) mass is 333 g/mol. The maximum Gasteiger partial charge on any atom is 0.251 e. The number of carbonyl (C=O) groups is 1. The van der Waals surface area contributed by atoms with Gasteiger partial charge in [0.15, 0.2) is 0 Å². The van der Waals surface area contributed by atoms with Crippen molar-refractivity contribution in [1.29, 1.82) is 0 Å². The van der Waals surface area contributed by atoms with Gasteiger partial charge in [0.05, 0.1) is 0 Å². The zero-order valence-electron chi connectivity index (χ0n) is 11.4. The van der Waals surface area contributed by atoms with E-state index in [4.69, 9.17) is 5.73 Å². The Morgan fingerprint density at radius 3 is 2.85 bits per heavy atom. The number of nitrogens with two attached hydrogens (primary N) is 1. The molecule has 0 bridgehead atoms. The van der Waals surface area contributed by atoms with Crippen molar-refractivity contribution in [3.8, 4) is 0 Å². The molecule has 1 amide bonds. The molecule has 0 saturated heterocycles. The van der Waals surface area contributed by atoms with Gasteiger partial charge in [0.2, 0.25) is 0 Å². The van der Waals surface area contributed by atoms with Crippen molar-refractivity contribution in [1.82, 2.24) is 10.3 Å². The van der Waals surface area contributed by atoms with Crippen molar-refractivity contribution in [3.05, 3.63) is 57.3 Å². The molecule has 0 aliphatic carbocycles. The molecule has 0 radical (unpaired) electrons. The molecule has 0 saturated carbocycles. The Morgan fingerprint density at radius 2 is 2.15 bits per heavy atom. The first-order valence-corrected chi connectivity index (χ1v) is 7.01. The van der Waals surface area contributed by atoms with Crippen LogP contribution in [0.3, 0.4) is 0 Å². The molecule has 1 aromatic heterocycles. The van der Waals surface area contributed by atoms with Crippen molar-refractivity contribution < 1.29 is 4.79 Å². The second-order valence-electron chi connectivity index (χ2n) is 4.65. The zero-order chi connectivity index (χ0) is 14.7. The summed E-state index contributed by atoms with van der Waals surface area (Å²) in [5.74, 6) is -0.140. The highest BCUT2D eigenvalue weighted by Crippen LogP contribution is 2.22. The number of benzene rings is 1. The lowest BCUT2D eigenvalue weighted by atomic mass is 10.1. The van der Waals surface area contributed by atoms with Gasteiger partial charge in [-0.1, -0.05) is 15.9 Å².